The summed E-state index contributed by atoms with van der Waals surface area (Å²) in [6, 6.07) is 13.8. The second kappa shape index (κ2) is 11.1. The fraction of sp³-hybridized carbons (Fsp3) is 0.370. The summed E-state index contributed by atoms with van der Waals surface area (Å²) < 4.78 is 7.88. The van der Waals surface area contributed by atoms with Crippen LogP contribution in [-0.2, 0) is 11.3 Å². The molecule has 0 aliphatic carbocycles. The van der Waals surface area contributed by atoms with Gasteiger partial charge in [0.1, 0.15) is 5.60 Å². The topological polar surface area (TPSA) is 130 Å². The Kier molecular flexibility index (Phi) is 7.67. The largest absolute Gasteiger partial charge is 0.444 e. The number of ether oxygens (including phenoxy) is 1. The average Bonchev–Trinajstić information content (AvgIpc) is 3.48. The number of nitrogens with zero attached hydrogens (tertiary/aromatic N) is 6. The van der Waals surface area contributed by atoms with Gasteiger partial charge in [0, 0.05) is 24.8 Å². The summed E-state index contributed by atoms with van der Waals surface area (Å²) in [6.07, 6.45) is 2.82. The van der Waals surface area contributed by atoms with E-state index in [1.807, 2.05) is 63.2 Å². The molecule has 0 spiro atoms. The van der Waals surface area contributed by atoms with Gasteiger partial charge < -0.3 is 25.4 Å². The number of benzene rings is 1. The summed E-state index contributed by atoms with van der Waals surface area (Å²) in [4.78, 5) is 27.9. The molecule has 11 nitrogen and oxygen atoms in total. The third-order valence-electron chi connectivity index (χ3n) is 6.21. The number of aromatic nitrogens is 5. The molecule has 0 radical (unpaired) electrons. The fourth-order valence-corrected chi connectivity index (χ4v) is 4.74. The van der Waals surface area contributed by atoms with Crippen LogP contribution in [0.1, 0.15) is 32.8 Å². The highest BCUT2D eigenvalue weighted by atomic mass is 79.9. The number of aliphatic hydroxyl groups excluding tert-OH is 1. The Bertz CT molecular complexity index is 1440. The molecule has 3 N–H and O–H groups in total. The van der Waals surface area contributed by atoms with E-state index < -0.39 is 17.8 Å². The molecule has 39 heavy (non-hydrogen) atoms. The first-order valence-corrected chi connectivity index (χ1v) is 13.5. The molecule has 3 aromatic heterocycles. The number of carbonyl (C=O) groups is 1. The van der Waals surface area contributed by atoms with Crippen molar-refractivity contribution < 1.29 is 14.6 Å². The number of nitrogens with one attached hydrogen (secondary N) is 2. The van der Waals surface area contributed by atoms with Crippen LogP contribution in [0.4, 0.5) is 16.7 Å². The Hall–Kier alpha value is -3.77. The lowest BCUT2D eigenvalue weighted by atomic mass is 10.1. The maximum Gasteiger partial charge on any atom is 0.410 e. The van der Waals surface area contributed by atoms with Crippen molar-refractivity contribution in [1.29, 1.82) is 0 Å². The maximum atomic E-state index is 12.7. The number of anilines is 2. The number of aliphatic hydroxyl groups is 1. The Balaban J connectivity index is 1.29. The van der Waals surface area contributed by atoms with Crippen LogP contribution in [0.15, 0.2) is 59.3 Å². The van der Waals surface area contributed by atoms with E-state index in [-0.39, 0.29) is 12.6 Å². The van der Waals surface area contributed by atoms with Crippen molar-refractivity contribution in [3.8, 4) is 11.3 Å². The van der Waals surface area contributed by atoms with E-state index in [1.54, 1.807) is 21.8 Å². The van der Waals surface area contributed by atoms with E-state index in [0.29, 0.717) is 37.1 Å². The summed E-state index contributed by atoms with van der Waals surface area (Å²) in [6.45, 7) is 6.56. The van der Waals surface area contributed by atoms with Crippen molar-refractivity contribution in [2.24, 2.45) is 0 Å². The van der Waals surface area contributed by atoms with Gasteiger partial charge in [0.25, 0.3) is 0 Å². The minimum absolute atomic E-state index is 0.223. The molecule has 0 unspecified atom stereocenters. The molecule has 1 aliphatic rings. The van der Waals surface area contributed by atoms with Gasteiger partial charge in [-0.05, 0) is 60.8 Å². The number of amides is 1. The van der Waals surface area contributed by atoms with Crippen molar-refractivity contribution in [3.05, 3.63) is 64.9 Å². The zero-order chi connectivity index (χ0) is 27.6. The van der Waals surface area contributed by atoms with Crippen molar-refractivity contribution in [2.45, 2.75) is 51.5 Å². The summed E-state index contributed by atoms with van der Waals surface area (Å²) in [5.74, 6) is 0.889. The van der Waals surface area contributed by atoms with Crippen LogP contribution < -0.4 is 10.6 Å². The first-order chi connectivity index (χ1) is 18.7. The summed E-state index contributed by atoms with van der Waals surface area (Å²) >= 11 is 3.51. The van der Waals surface area contributed by atoms with E-state index in [0.717, 1.165) is 21.3 Å². The van der Waals surface area contributed by atoms with Crippen molar-refractivity contribution in [2.75, 3.05) is 23.7 Å². The second-order valence-electron chi connectivity index (χ2n) is 10.4. The molecular formula is C27H31BrN8O3. The molecule has 1 fully saturated rings. The monoisotopic (exact) mass is 594 g/mol. The SMILES string of the molecule is CC(C)(C)OC(=O)N1C[C@H](O)C[C@H]1CNc1nc(NCc2ccc(-c3ccccn3)cc2)n2ncc(Br)c2n1. The Labute approximate surface area is 234 Å². The van der Waals surface area contributed by atoms with Gasteiger partial charge in [-0.2, -0.15) is 19.6 Å². The van der Waals surface area contributed by atoms with Gasteiger partial charge >= 0.3 is 6.09 Å². The van der Waals surface area contributed by atoms with Crippen LogP contribution in [-0.4, -0.2) is 71.5 Å². The third kappa shape index (κ3) is 6.45. The van der Waals surface area contributed by atoms with Crippen molar-refractivity contribution in [1.82, 2.24) is 29.5 Å². The highest BCUT2D eigenvalue weighted by Crippen LogP contribution is 2.24. The van der Waals surface area contributed by atoms with Crippen LogP contribution in [0.3, 0.4) is 0 Å². The smallest absolute Gasteiger partial charge is 0.410 e. The number of carbonyl (C=O) groups excluding carboxylic acids is 1. The van der Waals surface area contributed by atoms with E-state index in [9.17, 15) is 9.90 Å². The molecule has 0 bridgehead atoms. The molecule has 4 aromatic rings. The molecule has 204 valence electrons. The quantitative estimate of drug-likeness (QED) is 0.286. The van der Waals surface area contributed by atoms with Crippen molar-refractivity contribution in [3.63, 3.8) is 0 Å². The van der Waals surface area contributed by atoms with Gasteiger partial charge in [0.15, 0.2) is 5.65 Å². The molecule has 1 amide bonds. The van der Waals surface area contributed by atoms with Gasteiger partial charge in [0.05, 0.1) is 35.1 Å². The molecule has 12 heteroatoms. The van der Waals surface area contributed by atoms with Gasteiger partial charge in [0.2, 0.25) is 11.9 Å². The lowest BCUT2D eigenvalue weighted by Crippen LogP contribution is -2.43. The summed E-state index contributed by atoms with van der Waals surface area (Å²) in [5, 5.41) is 21.2. The van der Waals surface area contributed by atoms with Crippen LogP contribution >= 0.6 is 15.9 Å². The number of halogens is 1. The number of rotatable bonds is 7. The number of likely N-dealkylation sites (tertiary alicyclic amines) is 1. The lowest BCUT2D eigenvalue weighted by molar-refractivity contribution is 0.0216. The van der Waals surface area contributed by atoms with E-state index in [4.69, 9.17) is 4.74 Å². The third-order valence-corrected chi connectivity index (χ3v) is 6.77. The summed E-state index contributed by atoms with van der Waals surface area (Å²) in [7, 11) is 0. The Morgan fingerprint density at radius 3 is 2.67 bits per heavy atom. The van der Waals surface area contributed by atoms with Gasteiger partial charge in [-0.15, -0.1) is 0 Å². The number of fused-ring (bicyclic) bond motifs is 1. The van der Waals surface area contributed by atoms with E-state index >= 15 is 0 Å². The van der Waals surface area contributed by atoms with Gasteiger partial charge in [-0.3, -0.25) is 4.98 Å². The first kappa shape index (κ1) is 26.8. The molecule has 1 saturated heterocycles. The summed E-state index contributed by atoms with van der Waals surface area (Å²) in [5.41, 5.74) is 3.01. The zero-order valence-corrected chi connectivity index (χ0v) is 23.6. The zero-order valence-electron chi connectivity index (χ0n) is 22.0. The standard InChI is InChI=1S/C27H31BrN8O3/c1-27(2,3)39-26(38)35-16-20(37)12-19(35)14-30-24-33-23-21(28)15-32-36(23)25(34-24)31-13-17-7-9-18(10-8-17)22-6-4-5-11-29-22/h4-11,15,19-20,37H,12-14,16H2,1-3H3,(H2,30,31,33,34)/t19-,20+/m0/s1. The van der Waals surface area contributed by atoms with Crippen LogP contribution in [0.5, 0.6) is 0 Å². The average molecular weight is 596 g/mol. The lowest BCUT2D eigenvalue weighted by Gasteiger charge is -2.28. The molecule has 2 atom stereocenters. The minimum Gasteiger partial charge on any atom is -0.444 e. The van der Waals surface area contributed by atoms with E-state index in [1.165, 1.54) is 0 Å². The number of hydrogen-bond acceptors (Lipinski definition) is 9. The fourth-order valence-electron chi connectivity index (χ4n) is 4.39. The maximum absolute atomic E-state index is 12.7. The van der Waals surface area contributed by atoms with Crippen LogP contribution in [0, 0.1) is 0 Å². The molecule has 1 aliphatic heterocycles. The van der Waals surface area contributed by atoms with Crippen LogP contribution in [0.25, 0.3) is 16.9 Å². The van der Waals surface area contributed by atoms with Gasteiger partial charge in [-0.25, -0.2) is 4.79 Å². The normalized spacial score (nSPS) is 17.4. The van der Waals surface area contributed by atoms with E-state index in [2.05, 4.69) is 46.6 Å². The highest BCUT2D eigenvalue weighted by Gasteiger charge is 2.36. The molecule has 1 aromatic carbocycles. The molecule has 5 rings (SSSR count). The van der Waals surface area contributed by atoms with Crippen molar-refractivity contribution >= 4 is 39.6 Å². The predicted molar refractivity (Wildman–Crippen MR) is 151 cm³/mol. The second-order valence-corrected chi connectivity index (χ2v) is 11.3. The molecule has 0 saturated carbocycles. The minimum atomic E-state index is -0.621. The Morgan fingerprint density at radius 1 is 1.15 bits per heavy atom. The van der Waals surface area contributed by atoms with Gasteiger partial charge in [-0.1, -0.05) is 30.3 Å². The number of hydrogen-bond donors (Lipinski definition) is 3. The Morgan fingerprint density at radius 2 is 1.95 bits per heavy atom. The first-order valence-electron chi connectivity index (χ1n) is 12.7. The number of pyridine rings is 1. The molecular weight excluding hydrogens is 564 g/mol. The molecule has 4 heterocycles. The predicted octanol–water partition coefficient (Wildman–Crippen LogP) is 4.34. The highest BCUT2D eigenvalue weighted by molar-refractivity contribution is 9.10. The van der Waals surface area contributed by atoms with Crippen LogP contribution in [0.2, 0.25) is 0 Å². The number of β-amino-alcohol motifs (C(OH)–C–C–N with tert-alkyl or cyclic N) is 1.